The summed E-state index contributed by atoms with van der Waals surface area (Å²) in [5.41, 5.74) is -0.494. The third kappa shape index (κ3) is 4.01. The predicted octanol–water partition coefficient (Wildman–Crippen LogP) is 0.113. The average Bonchev–Trinajstić information content (AvgIpc) is 1.80. The van der Waals surface area contributed by atoms with E-state index in [1.807, 2.05) is 0 Å². The fraction of sp³-hybridized carbons (Fsp3) is 1.00. The van der Waals surface area contributed by atoms with E-state index in [0.717, 1.165) is 4.47 Å². The lowest BCUT2D eigenvalue weighted by atomic mass is 10.1. The van der Waals surface area contributed by atoms with E-state index in [-0.39, 0.29) is 0 Å². The summed E-state index contributed by atoms with van der Waals surface area (Å²) in [5, 5.41) is 0. The Morgan fingerprint density at radius 3 is 2.00 bits per heavy atom. The molecule has 6 heteroatoms. The van der Waals surface area contributed by atoms with Crippen LogP contribution in [-0.4, -0.2) is 32.6 Å². The van der Waals surface area contributed by atoms with E-state index in [4.69, 9.17) is 0 Å². The van der Waals surface area contributed by atoms with Gasteiger partial charge in [0.05, 0.1) is 7.11 Å². The minimum absolute atomic E-state index is 0.494. The Kier molecular flexibility index (Phi) is 3.64. The Morgan fingerprint density at radius 2 is 1.75 bits per heavy atom. The smallest absolute Gasteiger partial charge is 0.287 e. The van der Waals surface area contributed by atoms with E-state index in [9.17, 15) is 8.42 Å². The Balaban J connectivity index is 4.45. The summed E-state index contributed by atoms with van der Waals surface area (Å²) in [6.07, 6.45) is 0. The molecule has 0 fully saturated rings. The minimum Gasteiger partial charge on any atom is -0.287 e. The molecule has 0 radical (unpaired) electrons. The first-order valence-corrected chi connectivity index (χ1v) is 4.95. The van der Waals surface area contributed by atoms with Crippen molar-refractivity contribution >= 4 is 10.2 Å². The molecule has 0 atom stereocenters. The second-order valence-corrected chi connectivity index (χ2v) is 5.12. The summed E-state index contributed by atoms with van der Waals surface area (Å²) in [6, 6.07) is 0. The summed E-state index contributed by atoms with van der Waals surface area (Å²) < 4.78 is 25.7. The Bertz CT molecular complexity index is 230. The molecule has 0 aromatic heterocycles. The number of hydrogen-bond acceptors (Lipinski definition) is 3. The number of hydroxylamine groups is 1. The van der Waals surface area contributed by atoms with Gasteiger partial charge in [-0.15, -0.1) is 0 Å². The van der Waals surface area contributed by atoms with E-state index in [2.05, 4.69) is 9.56 Å². The molecule has 0 rings (SSSR count). The quantitative estimate of drug-likeness (QED) is 0.652. The molecular weight excluding hydrogens is 180 g/mol. The minimum atomic E-state index is -3.51. The van der Waals surface area contributed by atoms with E-state index in [1.165, 1.54) is 14.2 Å². The van der Waals surface area contributed by atoms with Gasteiger partial charge in [-0.2, -0.15) is 13.1 Å². The average molecular weight is 196 g/mol. The molecule has 0 aromatic rings. The highest BCUT2D eigenvalue weighted by atomic mass is 32.2. The van der Waals surface area contributed by atoms with Crippen LogP contribution in [0.15, 0.2) is 0 Å². The molecule has 0 amide bonds. The summed E-state index contributed by atoms with van der Waals surface area (Å²) >= 11 is 0. The highest BCUT2D eigenvalue weighted by Crippen LogP contribution is 2.04. The van der Waals surface area contributed by atoms with E-state index in [0.29, 0.717) is 0 Å². The molecule has 0 saturated heterocycles. The van der Waals surface area contributed by atoms with Crippen LogP contribution in [0, 0.1) is 0 Å². The Labute approximate surface area is 73.8 Å². The van der Waals surface area contributed by atoms with Gasteiger partial charge in [0.25, 0.3) is 0 Å². The molecule has 0 bridgehead atoms. The lowest BCUT2D eigenvalue weighted by Gasteiger charge is -2.23. The molecule has 0 saturated carbocycles. The third-order valence-electron chi connectivity index (χ3n) is 1.03. The van der Waals surface area contributed by atoms with Crippen molar-refractivity contribution in [2.24, 2.45) is 0 Å². The number of rotatable bonds is 3. The van der Waals surface area contributed by atoms with Crippen LogP contribution in [0.1, 0.15) is 20.8 Å². The molecule has 5 nitrogen and oxygen atoms in total. The van der Waals surface area contributed by atoms with Crippen molar-refractivity contribution in [3.05, 3.63) is 0 Å². The van der Waals surface area contributed by atoms with Gasteiger partial charge in [-0.25, -0.2) is 0 Å². The molecule has 12 heavy (non-hydrogen) atoms. The maximum atomic E-state index is 11.3. The van der Waals surface area contributed by atoms with E-state index in [1.54, 1.807) is 20.8 Å². The standard InChI is InChI=1S/C6H16N2O3S/c1-6(2,3)7-12(9,10)8(4)11-5/h7H,1-5H3. The molecule has 0 aliphatic heterocycles. The van der Waals surface area contributed by atoms with Crippen LogP contribution in [-0.2, 0) is 15.0 Å². The van der Waals surface area contributed by atoms with Crippen LogP contribution >= 0.6 is 0 Å². The molecule has 0 aliphatic rings. The van der Waals surface area contributed by atoms with Crippen LogP contribution in [0.2, 0.25) is 0 Å². The fourth-order valence-electron chi connectivity index (χ4n) is 0.549. The molecule has 1 N–H and O–H groups in total. The second kappa shape index (κ2) is 3.69. The molecule has 0 heterocycles. The number of nitrogens with zero attached hydrogens (tertiary/aromatic N) is 1. The first kappa shape index (κ1) is 11.8. The molecular formula is C6H16N2O3S. The van der Waals surface area contributed by atoms with Crippen molar-refractivity contribution in [1.82, 2.24) is 9.19 Å². The maximum absolute atomic E-state index is 11.3. The van der Waals surface area contributed by atoms with Gasteiger partial charge >= 0.3 is 10.2 Å². The van der Waals surface area contributed by atoms with Crippen molar-refractivity contribution in [1.29, 1.82) is 0 Å². The Morgan fingerprint density at radius 1 is 1.33 bits per heavy atom. The van der Waals surface area contributed by atoms with Crippen LogP contribution < -0.4 is 4.72 Å². The zero-order valence-electron chi connectivity index (χ0n) is 8.08. The monoisotopic (exact) mass is 196 g/mol. The zero-order chi connectivity index (χ0) is 9.99. The molecule has 0 spiro atoms. The highest BCUT2D eigenvalue weighted by Gasteiger charge is 2.23. The topological polar surface area (TPSA) is 58.6 Å². The SMILES string of the molecule is CON(C)S(=O)(=O)NC(C)(C)C. The van der Waals surface area contributed by atoms with Gasteiger partial charge < -0.3 is 0 Å². The summed E-state index contributed by atoms with van der Waals surface area (Å²) in [4.78, 5) is 4.54. The molecule has 0 aliphatic carbocycles. The summed E-state index contributed by atoms with van der Waals surface area (Å²) in [6.45, 7) is 5.27. The van der Waals surface area contributed by atoms with Gasteiger partial charge in [0.15, 0.2) is 0 Å². The van der Waals surface area contributed by atoms with Crippen LogP contribution in [0.25, 0.3) is 0 Å². The van der Waals surface area contributed by atoms with Gasteiger partial charge in [-0.05, 0) is 20.8 Å². The van der Waals surface area contributed by atoms with E-state index >= 15 is 0 Å². The van der Waals surface area contributed by atoms with Crippen LogP contribution in [0.5, 0.6) is 0 Å². The van der Waals surface area contributed by atoms with Gasteiger partial charge in [0, 0.05) is 12.6 Å². The maximum Gasteiger partial charge on any atom is 0.301 e. The van der Waals surface area contributed by atoms with Gasteiger partial charge in [0.1, 0.15) is 0 Å². The largest absolute Gasteiger partial charge is 0.301 e. The van der Waals surface area contributed by atoms with E-state index < -0.39 is 15.7 Å². The van der Waals surface area contributed by atoms with Gasteiger partial charge in [-0.3, -0.25) is 4.84 Å². The Hall–Kier alpha value is -0.170. The summed E-state index contributed by atoms with van der Waals surface area (Å²) in [5.74, 6) is 0. The lowest BCUT2D eigenvalue weighted by Crippen LogP contribution is -2.47. The van der Waals surface area contributed by atoms with Gasteiger partial charge in [0.2, 0.25) is 0 Å². The predicted molar refractivity (Wildman–Crippen MR) is 46.6 cm³/mol. The number of hydrogen-bond donors (Lipinski definition) is 1. The van der Waals surface area contributed by atoms with Crippen molar-refractivity contribution in [2.75, 3.05) is 14.2 Å². The third-order valence-corrected chi connectivity index (χ3v) is 2.73. The summed E-state index contributed by atoms with van der Waals surface area (Å²) in [7, 11) is -0.886. The molecule has 0 unspecified atom stereocenters. The van der Waals surface area contributed by atoms with Crippen molar-refractivity contribution in [2.45, 2.75) is 26.3 Å². The van der Waals surface area contributed by atoms with Crippen molar-refractivity contribution in [3.8, 4) is 0 Å². The number of nitrogens with one attached hydrogen (secondary N) is 1. The fourth-order valence-corrected chi connectivity index (χ4v) is 1.65. The van der Waals surface area contributed by atoms with Crippen LogP contribution in [0.4, 0.5) is 0 Å². The molecule has 74 valence electrons. The van der Waals surface area contributed by atoms with Gasteiger partial charge in [-0.1, -0.05) is 4.47 Å². The lowest BCUT2D eigenvalue weighted by molar-refractivity contribution is -0.0278. The van der Waals surface area contributed by atoms with Crippen LogP contribution in [0.3, 0.4) is 0 Å². The first-order chi connectivity index (χ1) is 5.19. The first-order valence-electron chi connectivity index (χ1n) is 3.51. The normalized spacial score (nSPS) is 13.8. The molecule has 0 aromatic carbocycles. The van der Waals surface area contributed by atoms with Crippen molar-refractivity contribution in [3.63, 3.8) is 0 Å². The van der Waals surface area contributed by atoms with Crippen molar-refractivity contribution < 1.29 is 13.3 Å². The highest BCUT2D eigenvalue weighted by molar-refractivity contribution is 7.87. The second-order valence-electron chi connectivity index (χ2n) is 3.45. The zero-order valence-corrected chi connectivity index (χ0v) is 8.90.